The minimum absolute atomic E-state index is 0.189. The maximum atomic E-state index is 13.5. The summed E-state index contributed by atoms with van der Waals surface area (Å²) in [6.07, 6.45) is 4.53. The lowest BCUT2D eigenvalue weighted by atomic mass is 9.91. The molecule has 0 saturated carbocycles. The molecule has 0 unspecified atom stereocenters. The predicted octanol–water partition coefficient (Wildman–Crippen LogP) is 4.94. The predicted molar refractivity (Wildman–Crippen MR) is 118 cm³/mol. The Morgan fingerprint density at radius 1 is 1.07 bits per heavy atom. The van der Waals surface area contributed by atoms with E-state index < -0.39 is 0 Å². The van der Waals surface area contributed by atoms with Gasteiger partial charge in [-0.1, -0.05) is 55.6 Å². The average molecular weight is 429 g/mol. The SMILES string of the molecule is C[C@H]1C(C(=O)NN2CCCCCC2)=NN(c2ccccc2Cl)[C@H]1c1ccc(F)cc1. The van der Waals surface area contributed by atoms with Crippen LogP contribution >= 0.6 is 11.6 Å². The van der Waals surface area contributed by atoms with E-state index in [0.717, 1.165) is 37.2 Å². The van der Waals surface area contributed by atoms with Crippen LogP contribution in [0.1, 0.15) is 44.2 Å². The summed E-state index contributed by atoms with van der Waals surface area (Å²) in [5, 5.41) is 9.04. The molecule has 5 nitrogen and oxygen atoms in total. The molecule has 2 atom stereocenters. The number of carbonyl (C=O) groups is 1. The number of anilines is 1. The molecule has 1 saturated heterocycles. The number of nitrogens with zero attached hydrogens (tertiary/aromatic N) is 3. The molecule has 0 aromatic heterocycles. The molecule has 2 aliphatic heterocycles. The Morgan fingerprint density at radius 3 is 2.40 bits per heavy atom. The second-order valence-corrected chi connectivity index (χ2v) is 8.32. The van der Waals surface area contributed by atoms with E-state index in [1.165, 1.54) is 25.0 Å². The first kappa shape index (κ1) is 20.8. The first-order valence-electron chi connectivity index (χ1n) is 10.5. The zero-order valence-corrected chi connectivity index (χ0v) is 17.8. The molecule has 2 heterocycles. The van der Waals surface area contributed by atoms with Gasteiger partial charge in [-0.25, -0.2) is 9.40 Å². The smallest absolute Gasteiger partial charge is 0.282 e. The van der Waals surface area contributed by atoms with Crippen molar-refractivity contribution < 1.29 is 9.18 Å². The quantitative estimate of drug-likeness (QED) is 0.750. The minimum Gasteiger partial charge on any atom is -0.284 e. The van der Waals surface area contributed by atoms with Gasteiger partial charge in [0.25, 0.3) is 5.91 Å². The summed E-state index contributed by atoms with van der Waals surface area (Å²) in [5.41, 5.74) is 5.10. The topological polar surface area (TPSA) is 47.9 Å². The van der Waals surface area contributed by atoms with Crippen molar-refractivity contribution in [1.29, 1.82) is 0 Å². The van der Waals surface area contributed by atoms with E-state index in [9.17, 15) is 9.18 Å². The number of amides is 1. The van der Waals surface area contributed by atoms with Crippen LogP contribution in [-0.4, -0.2) is 29.7 Å². The van der Waals surface area contributed by atoms with Crippen LogP contribution in [0.5, 0.6) is 0 Å². The first-order chi connectivity index (χ1) is 14.5. The number of benzene rings is 2. The Hall–Kier alpha value is -2.44. The summed E-state index contributed by atoms with van der Waals surface area (Å²) >= 11 is 6.45. The molecule has 0 bridgehead atoms. The molecule has 4 rings (SSSR count). The highest BCUT2D eigenvalue weighted by molar-refractivity contribution is 6.40. The van der Waals surface area contributed by atoms with Crippen LogP contribution in [0.4, 0.5) is 10.1 Å². The zero-order valence-electron chi connectivity index (χ0n) is 17.0. The Bertz CT molecular complexity index is 925. The van der Waals surface area contributed by atoms with Gasteiger partial charge in [0.05, 0.1) is 16.8 Å². The van der Waals surface area contributed by atoms with Crippen LogP contribution in [0.2, 0.25) is 5.02 Å². The molecule has 158 valence electrons. The molecule has 1 fully saturated rings. The van der Waals surface area contributed by atoms with Crippen LogP contribution in [0, 0.1) is 11.7 Å². The van der Waals surface area contributed by atoms with Crippen molar-refractivity contribution in [3.8, 4) is 0 Å². The molecule has 30 heavy (non-hydrogen) atoms. The normalized spacial score (nSPS) is 22.5. The molecule has 1 amide bonds. The first-order valence-corrected chi connectivity index (χ1v) is 10.9. The van der Waals surface area contributed by atoms with E-state index in [1.807, 2.05) is 30.1 Å². The Kier molecular flexibility index (Phi) is 6.35. The van der Waals surface area contributed by atoms with E-state index in [1.54, 1.807) is 23.2 Å². The standard InChI is InChI=1S/C23H26ClFN4O/c1-16-21(23(30)27-28-14-6-2-3-7-15-28)26-29(20-9-5-4-8-19(20)24)22(16)17-10-12-18(25)13-11-17/h4-5,8-13,16,22H,2-3,6-7,14-15H2,1H3,(H,27,30)/t16-,22+/m0/s1. The molecule has 1 N–H and O–H groups in total. The number of carbonyl (C=O) groups excluding carboxylic acids is 1. The Morgan fingerprint density at radius 2 is 1.73 bits per heavy atom. The molecule has 7 heteroatoms. The third-order valence-corrected chi connectivity index (χ3v) is 6.11. The number of nitrogens with one attached hydrogen (secondary N) is 1. The third-order valence-electron chi connectivity index (χ3n) is 5.79. The number of para-hydroxylation sites is 1. The van der Waals surface area contributed by atoms with E-state index in [-0.39, 0.29) is 23.7 Å². The van der Waals surface area contributed by atoms with Gasteiger partial charge in [0.15, 0.2) is 0 Å². The minimum atomic E-state index is -0.297. The molecule has 0 spiro atoms. The zero-order chi connectivity index (χ0) is 21.1. The number of hydrogen-bond acceptors (Lipinski definition) is 4. The van der Waals surface area contributed by atoms with Gasteiger partial charge in [-0.05, 0) is 42.7 Å². The number of halogens is 2. The molecular formula is C23H26ClFN4O. The highest BCUT2D eigenvalue weighted by atomic mass is 35.5. The lowest BCUT2D eigenvalue weighted by molar-refractivity contribution is -0.119. The molecular weight excluding hydrogens is 403 g/mol. The number of rotatable bonds is 4. The highest BCUT2D eigenvalue weighted by Crippen LogP contribution is 2.41. The summed E-state index contributed by atoms with van der Waals surface area (Å²) in [4.78, 5) is 13.1. The van der Waals surface area contributed by atoms with Gasteiger partial charge < -0.3 is 0 Å². The van der Waals surface area contributed by atoms with Crippen molar-refractivity contribution in [2.45, 2.75) is 38.6 Å². The summed E-state index contributed by atoms with van der Waals surface area (Å²) in [6.45, 7) is 3.68. The van der Waals surface area contributed by atoms with Crippen LogP contribution in [0.3, 0.4) is 0 Å². The lowest BCUT2D eigenvalue weighted by Crippen LogP contribution is -2.46. The second kappa shape index (κ2) is 9.14. The van der Waals surface area contributed by atoms with Gasteiger partial charge >= 0.3 is 0 Å². The maximum absolute atomic E-state index is 13.5. The number of hydrazine groups is 1. The van der Waals surface area contributed by atoms with E-state index in [0.29, 0.717) is 10.7 Å². The van der Waals surface area contributed by atoms with Gasteiger partial charge in [-0.3, -0.25) is 15.2 Å². The van der Waals surface area contributed by atoms with Gasteiger partial charge in [-0.2, -0.15) is 5.10 Å². The molecule has 2 aliphatic rings. The largest absolute Gasteiger partial charge is 0.284 e. The van der Waals surface area contributed by atoms with Gasteiger partial charge in [0.2, 0.25) is 0 Å². The van der Waals surface area contributed by atoms with Gasteiger partial charge in [-0.15, -0.1) is 0 Å². The van der Waals surface area contributed by atoms with Crippen LogP contribution in [-0.2, 0) is 4.79 Å². The fourth-order valence-electron chi connectivity index (χ4n) is 4.20. The van der Waals surface area contributed by atoms with Crippen molar-refractivity contribution in [2.24, 2.45) is 11.0 Å². The lowest BCUT2D eigenvalue weighted by Gasteiger charge is -2.27. The molecule has 2 aromatic carbocycles. The Balaban J connectivity index is 1.65. The van der Waals surface area contributed by atoms with Crippen molar-refractivity contribution in [3.05, 3.63) is 64.9 Å². The number of hydrogen-bond donors (Lipinski definition) is 1. The van der Waals surface area contributed by atoms with Crippen molar-refractivity contribution in [1.82, 2.24) is 10.4 Å². The van der Waals surface area contributed by atoms with Gasteiger partial charge in [0.1, 0.15) is 11.5 Å². The van der Waals surface area contributed by atoms with Crippen LogP contribution < -0.4 is 10.4 Å². The highest BCUT2D eigenvalue weighted by Gasteiger charge is 2.40. The average Bonchev–Trinajstić information content (AvgIpc) is 2.89. The fourth-order valence-corrected chi connectivity index (χ4v) is 4.42. The van der Waals surface area contributed by atoms with Crippen LogP contribution in [0.25, 0.3) is 0 Å². The van der Waals surface area contributed by atoms with Crippen LogP contribution in [0.15, 0.2) is 53.6 Å². The fraction of sp³-hybridized carbons (Fsp3) is 0.391. The number of hydrazone groups is 1. The van der Waals surface area contributed by atoms with Crippen molar-refractivity contribution >= 4 is 28.9 Å². The monoisotopic (exact) mass is 428 g/mol. The summed E-state index contributed by atoms with van der Waals surface area (Å²) in [5.74, 6) is -0.682. The molecule has 0 aliphatic carbocycles. The van der Waals surface area contributed by atoms with E-state index in [4.69, 9.17) is 16.7 Å². The third kappa shape index (κ3) is 4.35. The van der Waals surface area contributed by atoms with E-state index >= 15 is 0 Å². The summed E-state index contributed by atoms with van der Waals surface area (Å²) in [7, 11) is 0. The maximum Gasteiger partial charge on any atom is 0.282 e. The summed E-state index contributed by atoms with van der Waals surface area (Å²) in [6, 6.07) is 13.5. The van der Waals surface area contributed by atoms with Crippen molar-refractivity contribution in [2.75, 3.05) is 18.1 Å². The second-order valence-electron chi connectivity index (χ2n) is 7.91. The van der Waals surface area contributed by atoms with Crippen molar-refractivity contribution in [3.63, 3.8) is 0 Å². The van der Waals surface area contributed by atoms with E-state index in [2.05, 4.69) is 5.43 Å². The van der Waals surface area contributed by atoms with Gasteiger partial charge in [0, 0.05) is 19.0 Å². The molecule has 2 aromatic rings. The Labute approximate surface area is 181 Å². The molecule has 0 radical (unpaired) electrons. The summed E-state index contributed by atoms with van der Waals surface area (Å²) < 4.78 is 13.5.